The van der Waals surface area contributed by atoms with Gasteiger partial charge in [-0.05, 0) is 31.9 Å². The average Bonchev–Trinajstić information content (AvgIpc) is 3.55. The molecule has 0 radical (unpaired) electrons. The normalized spacial score (nSPS) is 22.1. The van der Waals surface area contributed by atoms with Crippen molar-refractivity contribution in [3.63, 3.8) is 0 Å². The zero-order valence-corrected chi connectivity index (χ0v) is 19.7. The van der Waals surface area contributed by atoms with Crippen LogP contribution < -0.4 is 9.62 Å². The predicted molar refractivity (Wildman–Crippen MR) is 122 cm³/mol. The number of alkyl halides is 2. The third-order valence-electron chi connectivity index (χ3n) is 6.46. The van der Waals surface area contributed by atoms with Crippen molar-refractivity contribution in [1.82, 2.24) is 34.2 Å². The Kier molecular flexibility index (Phi) is 5.94. The third-order valence-corrected chi connectivity index (χ3v) is 7.15. The molecule has 1 saturated heterocycles. The molecule has 34 heavy (non-hydrogen) atoms. The molecule has 3 aromatic heterocycles. The second-order valence-electron chi connectivity index (χ2n) is 8.82. The summed E-state index contributed by atoms with van der Waals surface area (Å²) in [6.45, 7) is 3.90. The van der Waals surface area contributed by atoms with E-state index in [1.807, 2.05) is 0 Å². The summed E-state index contributed by atoms with van der Waals surface area (Å²) in [5, 5.41) is 4.02. The van der Waals surface area contributed by atoms with E-state index in [-0.39, 0.29) is 17.8 Å². The van der Waals surface area contributed by atoms with Crippen LogP contribution in [-0.2, 0) is 10.0 Å². The minimum atomic E-state index is -3.32. The van der Waals surface area contributed by atoms with Crippen molar-refractivity contribution in [1.29, 1.82) is 0 Å². The van der Waals surface area contributed by atoms with Crippen molar-refractivity contribution >= 4 is 21.5 Å². The lowest BCUT2D eigenvalue weighted by Gasteiger charge is -2.47. The molecule has 5 rings (SSSR count). The van der Waals surface area contributed by atoms with Crippen molar-refractivity contribution in [3.05, 3.63) is 36.4 Å². The van der Waals surface area contributed by atoms with Gasteiger partial charge in [-0.25, -0.2) is 41.4 Å². The molecule has 4 heterocycles. The maximum Gasteiger partial charge on any atom is 0.282 e. The van der Waals surface area contributed by atoms with Crippen LogP contribution in [0.15, 0.2) is 30.7 Å². The Labute approximate surface area is 196 Å². The van der Waals surface area contributed by atoms with Gasteiger partial charge >= 0.3 is 0 Å². The summed E-state index contributed by atoms with van der Waals surface area (Å²) < 4.78 is 53.9. The van der Waals surface area contributed by atoms with Crippen molar-refractivity contribution in [2.75, 3.05) is 30.8 Å². The van der Waals surface area contributed by atoms with Crippen LogP contribution in [0.3, 0.4) is 0 Å². The number of rotatable bonds is 7. The molecule has 3 aromatic rings. The van der Waals surface area contributed by atoms with Gasteiger partial charge in [-0.1, -0.05) is 0 Å². The Morgan fingerprint density at radius 2 is 1.97 bits per heavy atom. The minimum Gasteiger partial charge on any atom is -0.351 e. The molecule has 0 aromatic carbocycles. The minimum absolute atomic E-state index is 0.0135. The van der Waals surface area contributed by atoms with Gasteiger partial charge in [0.1, 0.15) is 23.5 Å². The Morgan fingerprint density at radius 3 is 2.68 bits per heavy atom. The predicted octanol–water partition coefficient (Wildman–Crippen LogP) is 1.71. The molecule has 10 nitrogen and oxygen atoms in total. The quantitative estimate of drug-likeness (QED) is 0.531. The Balaban J connectivity index is 1.45. The summed E-state index contributed by atoms with van der Waals surface area (Å²) in [6.07, 6.45) is 3.71. The molecule has 182 valence electrons. The summed E-state index contributed by atoms with van der Waals surface area (Å²) in [6, 6.07) is 5.01. The first-order valence-electron chi connectivity index (χ1n) is 11.1. The molecule has 0 amide bonds. The van der Waals surface area contributed by atoms with Gasteiger partial charge in [-0.3, -0.25) is 4.90 Å². The van der Waals surface area contributed by atoms with Crippen LogP contribution in [0.2, 0.25) is 0 Å². The molecule has 1 saturated carbocycles. The summed E-state index contributed by atoms with van der Waals surface area (Å²) >= 11 is 0. The van der Waals surface area contributed by atoms with Crippen LogP contribution in [0.4, 0.5) is 14.6 Å². The fourth-order valence-corrected chi connectivity index (χ4v) is 5.08. The van der Waals surface area contributed by atoms with Gasteiger partial charge < -0.3 is 4.90 Å². The van der Waals surface area contributed by atoms with E-state index in [1.54, 1.807) is 12.3 Å². The smallest absolute Gasteiger partial charge is 0.282 e. The van der Waals surface area contributed by atoms with Gasteiger partial charge in [0.2, 0.25) is 10.0 Å². The van der Waals surface area contributed by atoms with Gasteiger partial charge in [-0.15, -0.1) is 0 Å². The van der Waals surface area contributed by atoms with E-state index in [4.69, 9.17) is 0 Å². The highest BCUT2D eigenvalue weighted by Gasteiger charge is 2.41. The van der Waals surface area contributed by atoms with E-state index in [0.717, 1.165) is 25.9 Å². The molecule has 2 aliphatic rings. The number of hydrogen-bond acceptors (Lipinski definition) is 8. The summed E-state index contributed by atoms with van der Waals surface area (Å²) in [5.74, 6) is 0.678. The number of anilines is 1. The number of sulfonamides is 1. The van der Waals surface area contributed by atoms with Crippen LogP contribution in [0.5, 0.6) is 0 Å². The summed E-state index contributed by atoms with van der Waals surface area (Å²) in [7, 11) is -3.32. The second-order valence-corrected chi connectivity index (χ2v) is 10.7. The largest absolute Gasteiger partial charge is 0.351 e. The first kappa shape index (κ1) is 23.0. The third kappa shape index (κ3) is 4.59. The van der Waals surface area contributed by atoms with Crippen LogP contribution in [-0.4, -0.2) is 81.9 Å². The Hall–Kier alpha value is -2.77. The fraction of sp³-hybridized carbons (Fsp3) is 0.524. The van der Waals surface area contributed by atoms with E-state index in [9.17, 15) is 17.2 Å². The number of piperazine rings is 1. The van der Waals surface area contributed by atoms with E-state index in [2.05, 4.69) is 41.5 Å². The second kappa shape index (κ2) is 8.78. The van der Waals surface area contributed by atoms with E-state index >= 15 is 0 Å². The van der Waals surface area contributed by atoms with Crippen molar-refractivity contribution in [2.24, 2.45) is 0 Å². The van der Waals surface area contributed by atoms with Crippen LogP contribution in [0.25, 0.3) is 17.0 Å². The number of hydrogen-bond donors (Lipinski definition) is 1. The highest BCUT2D eigenvalue weighted by molar-refractivity contribution is 7.88. The topological polar surface area (TPSA) is 109 Å². The molecule has 1 N–H and O–H groups in total. The number of nitrogens with zero attached hydrogens (tertiary/aromatic N) is 7. The maximum absolute atomic E-state index is 13.2. The zero-order chi connectivity index (χ0) is 24.0. The number of fused-ring (bicyclic) bond motifs is 1. The van der Waals surface area contributed by atoms with Crippen molar-refractivity contribution in [2.45, 2.75) is 44.3 Å². The summed E-state index contributed by atoms with van der Waals surface area (Å²) in [4.78, 5) is 17.6. The molecule has 2 atom stereocenters. The van der Waals surface area contributed by atoms with Gasteiger partial charge in [0.15, 0.2) is 5.65 Å². The zero-order valence-electron chi connectivity index (χ0n) is 18.8. The molecule has 1 aliphatic heterocycles. The highest BCUT2D eigenvalue weighted by Crippen LogP contribution is 2.34. The number of nitrogens with one attached hydrogen (secondary N) is 1. The average molecular weight is 493 g/mol. The molecule has 0 spiro atoms. The number of imidazole rings is 1. The van der Waals surface area contributed by atoms with Crippen LogP contribution in [0, 0.1) is 0 Å². The molecule has 1 aliphatic carbocycles. The van der Waals surface area contributed by atoms with Gasteiger partial charge in [-0.2, -0.15) is 5.10 Å². The monoisotopic (exact) mass is 492 g/mol. The van der Waals surface area contributed by atoms with E-state index in [0.29, 0.717) is 35.4 Å². The molecular weight excluding hydrogens is 466 g/mol. The molecule has 0 bridgehead atoms. The Morgan fingerprint density at radius 1 is 1.18 bits per heavy atom. The molecular formula is C21H26F2N8O2S. The number of halogens is 2. The lowest BCUT2D eigenvalue weighted by atomic mass is 10.0. The SMILES string of the molecule is C[C@@H]1[C@@H](CNS(C)(=O)=O)N(C2CC2)CCN1c1cc(-c2cnc3ccc(C(F)F)nn23)ncn1. The number of aromatic nitrogens is 5. The lowest BCUT2D eigenvalue weighted by Crippen LogP contribution is -2.62. The fourth-order valence-electron chi connectivity index (χ4n) is 4.61. The maximum atomic E-state index is 13.2. The highest BCUT2D eigenvalue weighted by atomic mass is 32.2. The molecule has 13 heteroatoms. The standard InChI is InChI=1S/C21H26F2N8O2S/c1-13-17(11-27-34(2,32)33)30(14-3-4-14)8-7-29(13)20-9-16(25-12-26-20)18-10-24-19-6-5-15(21(22)23)28-31(18)19/h5-6,9-10,12-14,17,21,27H,3-4,7-8,11H2,1-2H3/t13-,17-/m1/s1. The van der Waals surface area contributed by atoms with E-state index < -0.39 is 16.4 Å². The molecule has 2 fully saturated rings. The first-order valence-corrected chi connectivity index (χ1v) is 13.0. The van der Waals surface area contributed by atoms with Crippen LogP contribution in [0.1, 0.15) is 31.9 Å². The van der Waals surface area contributed by atoms with Gasteiger partial charge in [0.25, 0.3) is 6.43 Å². The summed E-state index contributed by atoms with van der Waals surface area (Å²) in [5.41, 5.74) is 1.10. The Bertz CT molecular complexity index is 1300. The van der Waals surface area contributed by atoms with Crippen molar-refractivity contribution in [3.8, 4) is 11.4 Å². The van der Waals surface area contributed by atoms with Crippen LogP contribution >= 0.6 is 0 Å². The van der Waals surface area contributed by atoms with E-state index in [1.165, 1.54) is 29.2 Å². The first-order chi connectivity index (χ1) is 16.2. The lowest BCUT2D eigenvalue weighted by molar-refractivity contribution is 0.138. The van der Waals surface area contributed by atoms with Gasteiger partial charge in [0.05, 0.1) is 18.1 Å². The van der Waals surface area contributed by atoms with Crippen molar-refractivity contribution < 1.29 is 17.2 Å². The van der Waals surface area contributed by atoms with Gasteiger partial charge in [0, 0.05) is 43.8 Å². The molecule has 0 unspecified atom stereocenters.